The van der Waals surface area contributed by atoms with Crippen molar-refractivity contribution in [1.82, 2.24) is 10.6 Å². The summed E-state index contributed by atoms with van der Waals surface area (Å²) in [5, 5.41) is 5.18. The highest BCUT2D eigenvalue weighted by molar-refractivity contribution is 7.98. The number of fused-ring (bicyclic) bond motifs is 3. The minimum atomic E-state index is -0.876. The van der Waals surface area contributed by atoms with Crippen LogP contribution in [0.5, 0.6) is 11.5 Å². The van der Waals surface area contributed by atoms with Gasteiger partial charge < -0.3 is 29.6 Å². The Morgan fingerprint density at radius 3 is 2.27 bits per heavy atom. The number of likely N-dealkylation sites (N-methyl/N-ethyl adjacent to an activating group) is 1. The average Bonchev–Trinajstić information content (AvgIpc) is 3.33. The van der Waals surface area contributed by atoms with E-state index in [1.165, 1.54) is 14.2 Å². The summed E-state index contributed by atoms with van der Waals surface area (Å²) >= 11 is 1.56. The van der Waals surface area contributed by atoms with Gasteiger partial charge in [0.05, 0.1) is 7.11 Å². The molecule has 0 aromatic heterocycles. The number of ether oxygens (including phenoxy) is 4. The van der Waals surface area contributed by atoms with Crippen molar-refractivity contribution in [3.8, 4) is 22.6 Å². The number of nitrogens with one attached hydrogen (secondary N) is 2. The van der Waals surface area contributed by atoms with E-state index in [2.05, 4.69) is 34.9 Å². The zero-order chi connectivity index (χ0) is 29.2. The van der Waals surface area contributed by atoms with Crippen molar-refractivity contribution >= 4 is 29.7 Å². The number of carbonyl (C=O) groups excluding carboxylic acids is 3. The maximum atomic E-state index is 13.0. The Balaban J connectivity index is 1.35. The molecule has 4 rings (SSSR count). The average molecular weight is 579 g/mol. The number of hydrogen-bond donors (Lipinski definition) is 2. The lowest BCUT2D eigenvalue weighted by atomic mass is 9.98. The van der Waals surface area contributed by atoms with Gasteiger partial charge in [0.2, 0.25) is 0 Å². The Bertz CT molecular complexity index is 1330. The summed E-state index contributed by atoms with van der Waals surface area (Å²) in [6, 6.07) is 20.3. The highest BCUT2D eigenvalue weighted by atomic mass is 32.2. The van der Waals surface area contributed by atoms with Crippen molar-refractivity contribution in [3.63, 3.8) is 0 Å². The summed E-state index contributed by atoms with van der Waals surface area (Å²) < 4.78 is 22.0. The van der Waals surface area contributed by atoms with Crippen molar-refractivity contribution in [2.24, 2.45) is 0 Å². The summed E-state index contributed by atoms with van der Waals surface area (Å²) in [4.78, 5) is 37.3. The molecule has 10 heteroatoms. The molecule has 0 saturated heterocycles. The van der Waals surface area contributed by atoms with Gasteiger partial charge in [-0.15, -0.1) is 0 Å². The van der Waals surface area contributed by atoms with Crippen LogP contribution in [0.4, 0.5) is 4.79 Å². The van der Waals surface area contributed by atoms with E-state index in [1.54, 1.807) is 30.0 Å². The van der Waals surface area contributed by atoms with Gasteiger partial charge >= 0.3 is 12.1 Å². The van der Waals surface area contributed by atoms with Crippen molar-refractivity contribution in [3.05, 3.63) is 83.4 Å². The third-order valence-corrected chi connectivity index (χ3v) is 7.45. The number of amides is 2. The fraction of sp³-hybridized carbons (Fsp3) is 0.323. The molecule has 0 spiro atoms. The largest absolute Gasteiger partial charge is 0.496 e. The number of benzene rings is 3. The lowest BCUT2D eigenvalue weighted by molar-refractivity contribution is -0.147. The molecular weight excluding hydrogens is 544 g/mol. The number of carbonyl (C=O) groups is 3. The van der Waals surface area contributed by atoms with Gasteiger partial charge in [0, 0.05) is 24.6 Å². The third-order valence-electron chi connectivity index (χ3n) is 6.81. The maximum Gasteiger partial charge on any atom is 0.407 e. The predicted molar refractivity (Wildman–Crippen MR) is 157 cm³/mol. The number of methoxy groups -OCH3 is 1. The summed E-state index contributed by atoms with van der Waals surface area (Å²) in [6.45, 7) is -0.0534. The van der Waals surface area contributed by atoms with E-state index in [9.17, 15) is 14.4 Å². The van der Waals surface area contributed by atoms with Gasteiger partial charge in [-0.1, -0.05) is 48.5 Å². The quantitative estimate of drug-likeness (QED) is 0.285. The van der Waals surface area contributed by atoms with Gasteiger partial charge in [-0.25, -0.2) is 9.59 Å². The van der Waals surface area contributed by atoms with Crippen LogP contribution in [0.15, 0.2) is 66.7 Å². The van der Waals surface area contributed by atoms with Crippen LogP contribution in [-0.2, 0) is 25.7 Å². The van der Waals surface area contributed by atoms with Crippen molar-refractivity contribution in [2.75, 3.05) is 39.4 Å². The fourth-order valence-electron chi connectivity index (χ4n) is 4.67. The standard InChI is InChI=1S/C31H34N2O7S/c1-32-29(34)19-38-21-13-12-20(28(16-21)37-2)17-39-30(35)27(14-15-41-3)33-31(36)40-18-26-24-10-6-4-8-22(24)23-9-5-7-11-25(23)26/h4-13,16,26-27H,14-15,17-19H2,1-3H3,(H,32,34)(H,33,36)/t27-/m0/s1. The van der Waals surface area contributed by atoms with Gasteiger partial charge in [0.1, 0.15) is 30.8 Å². The van der Waals surface area contributed by atoms with Crippen LogP contribution in [-0.4, -0.2) is 63.4 Å². The zero-order valence-electron chi connectivity index (χ0n) is 23.3. The third kappa shape index (κ3) is 7.52. The molecule has 1 atom stereocenters. The van der Waals surface area contributed by atoms with Gasteiger partial charge in [-0.05, 0) is 52.8 Å². The summed E-state index contributed by atoms with van der Waals surface area (Å²) in [5.41, 5.74) is 5.11. The van der Waals surface area contributed by atoms with Gasteiger partial charge in [0.25, 0.3) is 5.91 Å². The van der Waals surface area contributed by atoms with Crippen molar-refractivity contribution < 1.29 is 33.3 Å². The molecule has 3 aromatic carbocycles. The highest BCUT2D eigenvalue weighted by Crippen LogP contribution is 2.44. The molecule has 0 saturated carbocycles. The minimum Gasteiger partial charge on any atom is -0.496 e. The number of alkyl carbamates (subject to hydrolysis) is 1. The van der Waals surface area contributed by atoms with Crippen LogP contribution in [0, 0.1) is 0 Å². The smallest absolute Gasteiger partial charge is 0.407 e. The Kier molecular flexibility index (Phi) is 10.5. The molecule has 1 aliphatic rings. The molecular formula is C31H34N2O7S. The first kappa shape index (κ1) is 29.8. The Labute approximate surface area is 243 Å². The highest BCUT2D eigenvalue weighted by Gasteiger charge is 2.30. The number of esters is 1. The van der Waals surface area contributed by atoms with Gasteiger partial charge in [-0.2, -0.15) is 11.8 Å². The molecule has 9 nitrogen and oxygen atoms in total. The molecule has 1 aliphatic carbocycles. The Hall–Kier alpha value is -4.18. The van der Waals surface area contributed by atoms with Crippen LogP contribution < -0.4 is 20.1 Å². The van der Waals surface area contributed by atoms with Crippen LogP contribution >= 0.6 is 11.8 Å². The molecule has 0 bridgehead atoms. The van der Waals surface area contributed by atoms with Crippen LogP contribution in [0.2, 0.25) is 0 Å². The number of hydrogen-bond acceptors (Lipinski definition) is 8. The van der Waals surface area contributed by atoms with E-state index in [0.29, 0.717) is 29.2 Å². The summed E-state index contributed by atoms with van der Waals surface area (Å²) in [7, 11) is 3.02. The molecule has 0 heterocycles. The maximum absolute atomic E-state index is 13.0. The second-order valence-corrected chi connectivity index (χ2v) is 10.3. The number of thioether (sulfide) groups is 1. The Morgan fingerprint density at radius 2 is 1.63 bits per heavy atom. The summed E-state index contributed by atoms with van der Waals surface area (Å²) in [5.74, 6) is 0.606. The second kappa shape index (κ2) is 14.5. The molecule has 0 unspecified atom stereocenters. The molecule has 2 N–H and O–H groups in total. The molecule has 41 heavy (non-hydrogen) atoms. The monoisotopic (exact) mass is 578 g/mol. The first-order valence-electron chi connectivity index (χ1n) is 13.2. The fourth-order valence-corrected chi connectivity index (χ4v) is 5.14. The minimum absolute atomic E-state index is 0.0696. The van der Waals surface area contributed by atoms with E-state index in [4.69, 9.17) is 18.9 Å². The van der Waals surface area contributed by atoms with E-state index in [1.807, 2.05) is 30.5 Å². The lowest BCUT2D eigenvalue weighted by Gasteiger charge is -2.19. The Morgan fingerprint density at radius 1 is 0.951 bits per heavy atom. The lowest BCUT2D eigenvalue weighted by Crippen LogP contribution is -2.42. The molecule has 0 aliphatic heterocycles. The van der Waals surface area contributed by atoms with Gasteiger partial charge in [0.15, 0.2) is 6.61 Å². The first-order valence-corrected chi connectivity index (χ1v) is 14.6. The zero-order valence-corrected chi connectivity index (χ0v) is 24.1. The molecule has 3 aromatic rings. The first-order chi connectivity index (χ1) is 19.9. The van der Waals surface area contributed by atoms with Crippen LogP contribution in [0.3, 0.4) is 0 Å². The van der Waals surface area contributed by atoms with E-state index in [-0.39, 0.29) is 31.6 Å². The topological polar surface area (TPSA) is 112 Å². The normalized spacial score (nSPS) is 12.5. The van der Waals surface area contributed by atoms with E-state index in [0.717, 1.165) is 22.3 Å². The predicted octanol–water partition coefficient (Wildman–Crippen LogP) is 4.52. The summed E-state index contributed by atoms with van der Waals surface area (Å²) in [6.07, 6.45) is 1.63. The van der Waals surface area contributed by atoms with Crippen LogP contribution in [0.25, 0.3) is 11.1 Å². The SMILES string of the molecule is CNC(=O)COc1ccc(COC(=O)[C@H](CCSC)NC(=O)OCC2c3ccccc3-c3ccccc32)c(OC)c1. The van der Waals surface area contributed by atoms with Crippen molar-refractivity contribution in [2.45, 2.75) is 25.0 Å². The molecule has 2 amide bonds. The molecule has 0 fully saturated rings. The molecule has 216 valence electrons. The van der Waals surface area contributed by atoms with E-state index < -0.39 is 18.1 Å². The van der Waals surface area contributed by atoms with Crippen LogP contribution in [0.1, 0.15) is 29.0 Å². The van der Waals surface area contributed by atoms with Crippen molar-refractivity contribution in [1.29, 1.82) is 0 Å². The number of rotatable bonds is 13. The van der Waals surface area contributed by atoms with E-state index >= 15 is 0 Å². The van der Waals surface area contributed by atoms with Gasteiger partial charge in [-0.3, -0.25) is 4.79 Å². The second-order valence-electron chi connectivity index (χ2n) is 9.35. The molecule has 0 radical (unpaired) electrons.